The van der Waals surface area contributed by atoms with Gasteiger partial charge in [-0.3, -0.25) is 0 Å². The molecular formula is C14H28. The zero-order chi connectivity index (χ0) is 10.4. The maximum atomic E-state index is 2.38. The van der Waals surface area contributed by atoms with Gasteiger partial charge in [-0.05, 0) is 24.2 Å². The summed E-state index contributed by atoms with van der Waals surface area (Å²) < 4.78 is 0. The van der Waals surface area contributed by atoms with Gasteiger partial charge in [0, 0.05) is 0 Å². The third-order valence-electron chi connectivity index (χ3n) is 4.06. The summed E-state index contributed by atoms with van der Waals surface area (Å²) in [7, 11) is 0. The molecule has 3 atom stereocenters. The van der Waals surface area contributed by atoms with Crippen LogP contribution in [0.5, 0.6) is 0 Å². The van der Waals surface area contributed by atoms with Crippen molar-refractivity contribution in [2.24, 2.45) is 17.8 Å². The van der Waals surface area contributed by atoms with Crippen LogP contribution in [0.3, 0.4) is 0 Å². The first-order valence-electron chi connectivity index (χ1n) is 6.83. The highest BCUT2D eigenvalue weighted by atomic mass is 14.4. The van der Waals surface area contributed by atoms with Gasteiger partial charge in [-0.15, -0.1) is 0 Å². The molecule has 0 radical (unpaired) electrons. The van der Waals surface area contributed by atoms with Gasteiger partial charge in [-0.2, -0.15) is 0 Å². The Bertz CT molecular complexity index is 139. The fourth-order valence-electron chi connectivity index (χ4n) is 2.87. The van der Waals surface area contributed by atoms with Gasteiger partial charge >= 0.3 is 0 Å². The third kappa shape index (κ3) is 3.63. The van der Waals surface area contributed by atoms with E-state index in [9.17, 15) is 0 Å². The lowest BCUT2D eigenvalue weighted by Gasteiger charge is -2.14. The molecule has 1 saturated carbocycles. The normalized spacial score (nSPS) is 27.6. The van der Waals surface area contributed by atoms with Gasteiger partial charge in [0.05, 0.1) is 0 Å². The predicted molar refractivity (Wildman–Crippen MR) is 64.4 cm³/mol. The molecule has 0 bridgehead atoms. The highest BCUT2D eigenvalue weighted by Gasteiger charge is 2.39. The average molecular weight is 196 g/mol. The van der Waals surface area contributed by atoms with Crippen LogP contribution in [0.15, 0.2) is 0 Å². The van der Waals surface area contributed by atoms with Crippen molar-refractivity contribution in [2.75, 3.05) is 0 Å². The molecule has 0 aromatic carbocycles. The summed E-state index contributed by atoms with van der Waals surface area (Å²) in [5, 5.41) is 0. The molecule has 0 nitrogen and oxygen atoms in total. The van der Waals surface area contributed by atoms with Gasteiger partial charge in [0.2, 0.25) is 0 Å². The molecule has 0 heterocycles. The van der Waals surface area contributed by atoms with E-state index in [4.69, 9.17) is 0 Å². The molecule has 14 heavy (non-hydrogen) atoms. The molecule has 0 amide bonds. The van der Waals surface area contributed by atoms with Crippen LogP contribution in [-0.4, -0.2) is 0 Å². The first-order chi connectivity index (χ1) is 6.83. The summed E-state index contributed by atoms with van der Waals surface area (Å²) in [4.78, 5) is 0. The smallest absolute Gasteiger partial charge is 0.0355 e. The van der Waals surface area contributed by atoms with E-state index in [2.05, 4.69) is 20.8 Å². The summed E-state index contributed by atoms with van der Waals surface area (Å²) >= 11 is 0. The molecule has 0 aromatic rings. The standard InChI is InChI=1S/C14H28/c1-4-7-8-9-10-12(5-2)14-11-13(14)6-3/h12-14H,4-11H2,1-3H3. The molecule has 0 saturated heterocycles. The molecule has 1 aliphatic carbocycles. The summed E-state index contributed by atoms with van der Waals surface area (Å²) in [6.07, 6.45) is 11.7. The fraction of sp³-hybridized carbons (Fsp3) is 1.00. The van der Waals surface area contributed by atoms with Crippen molar-refractivity contribution in [3.63, 3.8) is 0 Å². The van der Waals surface area contributed by atoms with E-state index >= 15 is 0 Å². The van der Waals surface area contributed by atoms with Crippen LogP contribution in [0.25, 0.3) is 0 Å². The first-order valence-corrected chi connectivity index (χ1v) is 6.83. The zero-order valence-corrected chi connectivity index (χ0v) is 10.4. The highest BCUT2D eigenvalue weighted by Crippen LogP contribution is 2.49. The minimum atomic E-state index is 1.07. The van der Waals surface area contributed by atoms with E-state index in [0.29, 0.717) is 0 Å². The molecule has 0 N–H and O–H groups in total. The second-order valence-electron chi connectivity index (χ2n) is 5.09. The molecule has 0 spiro atoms. The summed E-state index contributed by atoms with van der Waals surface area (Å²) in [6.45, 7) is 7.04. The Morgan fingerprint density at radius 3 is 2.36 bits per heavy atom. The van der Waals surface area contributed by atoms with Crippen molar-refractivity contribution in [1.29, 1.82) is 0 Å². The van der Waals surface area contributed by atoms with Crippen molar-refractivity contribution in [1.82, 2.24) is 0 Å². The molecular weight excluding hydrogens is 168 g/mol. The predicted octanol–water partition coefficient (Wildman–Crippen LogP) is 5.03. The maximum absolute atomic E-state index is 2.38. The van der Waals surface area contributed by atoms with E-state index in [1.807, 2.05) is 0 Å². The monoisotopic (exact) mass is 196 g/mol. The molecule has 0 heteroatoms. The van der Waals surface area contributed by atoms with Crippen molar-refractivity contribution < 1.29 is 0 Å². The lowest BCUT2D eigenvalue weighted by atomic mass is 9.92. The highest BCUT2D eigenvalue weighted by molar-refractivity contribution is 4.89. The number of hydrogen-bond donors (Lipinski definition) is 0. The Balaban J connectivity index is 2.07. The van der Waals surface area contributed by atoms with Crippen molar-refractivity contribution in [3.8, 4) is 0 Å². The summed E-state index contributed by atoms with van der Waals surface area (Å²) in [6, 6.07) is 0. The molecule has 84 valence electrons. The fourth-order valence-corrected chi connectivity index (χ4v) is 2.87. The Morgan fingerprint density at radius 1 is 1.07 bits per heavy atom. The molecule has 1 aliphatic rings. The number of rotatable bonds is 8. The SMILES string of the molecule is CCCCCCC(CC)C1CC1CC. The van der Waals surface area contributed by atoms with Gasteiger partial charge in [0.25, 0.3) is 0 Å². The Kier molecular flexibility index (Phi) is 5.59. The lowest BCUT2D eigenvalue weighted by Crippen LogP contribution is -2.03. The Labute approximate surface area is 90.5 Å². The lowest BCUT2D eigenvalue weighted by molar-refractivity contribution is 0.374. The molecule has 0 aromatic heterocycles. The van der Waals surface area contributed by atoms with Crippen LogP contribution in [0.2, 0.25) is 0 Å². The minimum Gasteiger partial charge on any atom is -0.0654 e. The quantitative estimate of drug-likeness (QED) is 0.478. The van der Waals surface area contributed by atoms with Crippen molar-refractivity contribution >= 4 is 0 Å². The van der Waals surface area contributed by atoms with Crippen molar-refractivity contribution in [2.45, 2.75) is 72.1 Å². The first kappa shape index (κ1) is 12.1. The Morgan fingerprint density at radius 2 is 1.86 bits per heavy atom. The largest absolute Gasteiger partial charge is 0.0654 e. The van der Waals surface area contributed by atoms with Crippen LogP contribution in [0, 0.1) is 17.8 Å². The second-order valence-corrected chi connectivity index (χ2v) is 5.09. The molecule has 1 fully saturated rings. The Hall–Kier alpha value is 0. The maximum Gasteiger partial charge on any atom is -0.0355 e. The number of unbranched alkanes of at least 4 members (excludes halogenated alkanes) is 3. The van der Waals surface area contributed by atoms with E-state index in [1.54, 1.807) is 6.42 Å². The van der Waals surface area contributed by atoms with E-state index in [1.165, 1.54) is 44.9 Å². The topological polar surface area (TPSA) is 0 Å². The van der Waals surface area contributed by atoms with Gasteiger partial charge in [0.15, 0.2) is 0 Å². The minimum absolute atomic E-state index is 1.07. The van der Waals surface area contributed by atoms with Gasteiger partial charge in [-0.25, -0.2) is 0 Å². The van der Waals surface area contributed by atoms with Crippen LogP contribution in [-0.2, 0) is 0 Å². The van der Waals surface area contributed by atoms with E-state index < -0.39 is 0 Å². The van der Waals surface area contributed by atoms with Crippen molar-refractivity contribution in [3.05, 3.63) is 0 Å². The van der Waals surface area contributed by atoms with E-state index in [-0.39, 0.29) is 0 Å². The van der Waals surface area contributed by atoms with Crippen LogP contribution in [0.4, 0.5) is 0 Å². The average Bonchev–Trinajstić information content (AvgIpc) is 2.97. The second kappa shape index (κ2) is 6.48. The summed E-state index contributed by atoms with van der Waals surface area (Å²) in [5.41, 5.74) is 0. The van der Waals surface area contributed by atoms with Crippen LogP contribution < -0.4 is 0 Å². The molecule has 0 aliphatic heterocycles. The van der Waals surface area contributed by atoms with Gasteiger partial charge in [0.1, 0.15) is 0 Å². The molecule has 3 unspecified atom stereocenters. The van der Waals surface area contributed by atoms with Gasteiger partial charge < -0.3 is 0 Å². The van der Waals surface area contributed by atoms with Gasteiger partial charge in [-0.1, -0.05) is 65.7 Å². The van der Waals surface area contributed by atoms with E-state index in [0.717, 1.165) is 17.8 Å². The zero-order valence-electron chi connectivity index (χ0n) is 10.4. The number of hydrogen-bond acceptors (Lipinski definition) is 0. The summed E-state index contributed by atoms with van der Waals surface area (Å²) in [5.74, 6) is 3.29. The van der Waals surface area contributed by atoms with Crippen LogP contribution in [0.1, 0.15) is 72.1 Å². The molecule has 1 rings (SSSR count). The van der Waals surface area contributed by atoms with Crippen LogP contribution >= 0.6 is 0 Å². The third-order valence-corrected chi connectivity index (χ3v) is 4.06.